The van der Waals surface area contributed by atoms with Crippen molar-refractivity contribution in [1.82, 2.24) is 0 Å². The maximum atomic E-state index is 11.8. The summed E-state index contributed by atoms with van der Waals surface area (Å²) in [5.74, 6) is 0.561. The molecule has 1 N–H and O–H groups in total. The van der Waals surface area contributed by atoms with Crippen LogP contribution in [0.2, 0.25) is 0 Å². The first-order valence-corrected chi connectivity index (χ1v) is 8.57. The Balaban J connectivity index is 1.87. The minimum Gasteiger partial charge on any atom is -0.342 e. The summed E-state index contributed by atoms with van der Waals surface area (Å²) in [6.45, 7) is 7.33. The van der Waals surface area contributed by atoms with E-state index in [0.717, 1.165) is 0 Å². The molecule has 0 aromatic heterocycles. The van der Waals surface area contributed by atoms with Gasteiger partial charge in [0, 0.05) is 12.2 Å². The van der Waals surface area contributed by atoms with Gasteiger partial charge in [-0.3, -0.25) is 4.57 Å². The summed E-state index contributed by atoms with van der Waals surface area (Å²) in [7, 11) is -3.72. The molecule has 2 rings (SSSR count). The van der Waals surface area contributed by atoms with Gasteiger partial charge in [0.15, 0.2) is 12.1 Å². The molecule has 0 amide bonds. The topological polar surface area (TPSA) is 74.2 Å². The smallest absolute Gasteiger partial charge is 0.342 e. The molecule has 116 valence electrons. The Hall–Kier alpha value is -0.230. The lowest BCUT2D eigenvalue weighted by atomic mass is 10.2. The molecule has 0 spiro atoms. The van der Waals surface area contributed by atoms with E-state index in [2.05, 4.69) is 0 Å². The summed E-state index contributed by atoms with van der Waals surface area (Å²) in [6.07, 6.45) is 1.75. The van der Waals surface area contributed by atoms with Crippen molar-refractivity contribution in [1.29, 1.82) is 0 Å². The quantitative estimate of drug-likeness (QED) is 0.787. The van der Waals surface area contributed by atoms with Gasteiger partial charge in [0.05, 0.1) is 12.2 Å². The Bertz CT molecular complexity index is 405. The van der Waals surface area contributed by atoms with Crippen molar-refractivity contribution in [2.45, 2.75) is 70.9 Å². The third-order valence-corrected chi connectivity index (χ3v) is 4.52. The molecular formula is C13H23O6P. The maximum absolute atomic E-state index is 11.8. The lowest BCUT2D eigenvalue weighted by Gasteiger charge is -2.19. The van der Waals surface area contributed by atoms with Gasteiger partial charge in [-0.25, -0.2) is 0 Å². The van der Waals surface area contributed by atoms with Crippen molar-refractivity contribution >= 4 is 7.60 Å². The Morgan fingerprint density at radius 2 is 2.20 bits per heavy atom. The van der Waals surface area contributed by atoms with E-state index in [0.29, 0.717) is 12.8 Å². The van der Waals surface area contributed by atoms with Crippen LogP contribution in [0.25, 0.3) is 0 Å². The summed E-state index contributed by atoms with van der Waals surface area (Å²) in [6, 6.07) is 0. The first kappa shape index (κ1) is 16.1. The fourth-order valence-electron chi connectivity index (χ4n) is 2.23. The average molecular weight is 306 g/mol. The highest BCUT2D eigenvalue weighted by atomic mass is 31.2. The summed E-state index contributed by atoms with van der Waals surface area (Å²) >= 11 is 0. The van der Waals surface area contributed by atoms with E-state index < -0.39 is 19.7 Å². The molecule has 0 aromatic carbocycles. The Morgan fingerprint density at radius 1 is 1.50 bits per heavy atom. The summed E-state index contributed by atoms with van der Waals surface area (Å²) in [5.41, 5.74) is 0. The molecule has 0 bridgehead atoms. The molecule has 2 saturated heterocycles. The second kappa shape index (κ2) is 5.87. The largest absolute Gasteiger partial charge is 0.351 e. The Kier molecular flexibility index (Phi) is 4.74. The van der Waals surface area contributed by atoms with Crippen LogP contribution in [-0.2, 0) is 23.3 Å². The fraction of sp³-hybridized carbons (Fsp3) is 0.846. The normalized spacial score (nSPS) is 37.0. The summed E-state index contributed by atoms with van der Waals surface area (Å²) in [5, 5.41) is 0. The molecule has 7 heteroatoms. The maximum Gasteiger partial charge on any atom is 0.351 e. The highest BCUT2D eigenvalue weighted by molar-refractivity contribution is 7.56. The molecule has 20 heavy (non-hydrogen) atoms. The highest BCUT2D eigenvalue weighted by Crippen LogP contribution is 2.46. The molecule has 0 aliphatic carbocycles. The van der Waals surface area contributed by atoms with Gasteiger partial charge >= 0.3 is 7.60 Å². The third kappa shape index (κ3) is 4.13. The fourth-order valence-corrected chi connectivity index (χ4v) is 3.38. The number of hydrogen-bond donors (Lipinski definition) is 1. The van der Waals surface area contributed by atoms with Crippen LogP contribution in [0.5, 0.6) is 0 Å². The van der Waals surface area contributed by atoms with E-state index in [9.17, 15) is 9.46 Å². The zero-order valence-electron chi connectivity index (χ0n) is 12.3. The molecule has 0 saturated carbocycles. The van der Waals surface area contributed by atoms with Crippen molar-refractivity contribution < 1.29 is 28.2 Å². The highest BCUT2D eigenvalue weighted by Gasteiger charge is 2.48. The van der Waals surface area contributed by atoms with Crippen molar-refractivity contribution in [3.05, 3.63) is 11.9 Å². The van der Waals surface area contributed by atoms with Crippen molar-refractivity contribution in [3.8, 4) is 0 Å². The van der Waals surface area contributed by atoms with E-state index in [1.165, 1.54) is 5.82 Å². The van der Waals surface area contributed by atoms with Crippen molar-refractivity contribution in [3.63, 3.8) is 0 Å². The summed E-state index contributed by atoms with van der Waals surface area (Å²) in [4.78, 5) is 9.69. The van der Waals surface area contributed by atoms with Crippen LogP contribution in [0, 0.1) is 0 Å². The number of hydrogen-bond acceptors (Lipinski definition) is 5. The van der Waals surface area contributed by atoms with Crippen LogP contribution in [-0.4, -0.2) is 35.3 Å². The van der Waals surface area contributed by atoms with Crippen LogP contribution in [0.4, 0.5) is 0 Å². The monoisotopic (exact) mass is 306 g/mol. The van der Waals surface area contributed by atoms with Crippen molar-refractivity contribution in [2.24, 2.45) is 0 Å². The van der Waals surface area contributed by atoms with Gasteiger partial charge in [0.25, 0.3) is 0 Å². The van der Waals surface area contributed by atoms with Crippen LogP contribution in [0.1, 0.15) is 40.5 Å². The zero-order valence-corrected chi connectivity index (χ0v) is 13.2. The van der Waals surface area contributed by atoms with Gasteiger partial charge < -0.3 is 23.6 Å². The average Bonchev–Trinajstić information content (AvgIpc) is 2.78. The van der Waals surface area contributed by atoms with Crippen LogP contribution in [0.3, 0.4) is 0 Å². The van der Waals surface area contributed by atoms with E-state index in [-0.39, 0.29) is 18.3 Å². The predicted octanol–water partition coefficient (Wildman–Crippen LogP) is 2.77. The van der Waals surface area contributed by atoms with Crippen LogP contribution >= 0.6 is 7.60 Å². The first-order valence-electron chi connectivity index (χ1n) is 6.92. The molecule has 5 atom stereocenters. The molecule has 2 fully saturated rings. The molecular weight excluding hydrogens is 283 g/mol. The Morgan fingerprint density at radius 3 is 2.80 bits per heavy atom. The van der Waals surface area contributed by atoms with E-state index in [1.807, 2.05) is 20.8 Å². The molecule has 0 aromatic rings. The summed E-state index contributed by atoms with van der Waals surface area (Å²) < 4.78 is 33.8. The lowest BCUT2D eigenvalue weighted by molar-refractivity contribution is -0.200. The van der Waals surface area contributed by atoms with E-state index in [1.54, 1.807) is 13.0 Å². The first-order chi connectivity index (χ1) is 9.21. The van der Waals surface area contributed by atoms with Gasteiger partial charge in [0.1, 0.15) is 6.10 Å². The molecule has 2 heterocycles. The zero-order chi connectivity index (χ0) is 15.0. The van der Waals surface area contributed by atoms with Gasteiger partial charge in [-0.1, -0.05) is 6.92 Å². The van der Waals surface area contributed by atoms with Gasteiger partial charge in [-0.2, -0.15) is 0 Å². The standard InChI is InChI=1S/C13H23O6P/c1-5-9(2)19-20(14,15)7-6-10-8-11-12(16-10)18-13(3,4)17-11/h6-7,9-12H,5,8H2,1-4H3,(H,14,15). The second-order valence-electron chi connectivity index (χ2n) is 5.68. The molecule has 6 nitrogen and oxygen atoms in total. The molecule has 2 aliphatic heterocycles. The van der Waals surface area contributed by atoms with E-state index >= 15 is 0 Å². The number of rotatable bonds is 5. The molecule has 0 radical (unpaired) electrons. The lowest BCUT2D eigenvalue weighted by Crippen LogP contribution is -2.24. The van der Waals surface area contributed by atoms with Gasteiger partial charge in [-0.15, -0.1) is 0 Å². The van der Waals surface area contributed by atoms with Crippen molar-refractivity contribution in [2.75, 3.05) is 0 Å². The SMILES string of the molecule is CCC(C)OP(=O)(O)C=CC1CC2OC(C)(C)OC2O1. The Labute approximate surface area is 119 Å². The van der Waals surface area contributed by atoms with Crippen LogP contribution in [0.15, 0.2) is 11.9 Å². The van der Waals surface area contributed by atoms with Gasteiger partial charge in [-0.05, 0) is 33.3 Å². The molecule has 2 aliphatic rings. The van der Waals surface area contributed by atoms with Crippen LogP contribution < -0.4 is 0 Å². The molecule has 5 unspecified atom stereocenters. The third-order valence-electron chi connectivity index (χ3n) is 3.31. The van der Waals surface area contributed by atoms with E-state index in [4.69, 9.17) is 18.7 Å². The minimum atomic E-state index is -3.72. The second-order valence-corrected chi connectivity index (χ2v) is 7.32. The number of fused-ring (bicyclic) bond motifs is 1. The van der Waals surface area contributed by atoms with Gasteiger partial charge in [0.2, 0.25) is 0 Å². The minimum absolute atomic E-state index is 0.131. The number of ether oxygens (including phenoxy) is 3. The predicted molar refractivity (Wildman–Crippen MR) is 73.1 cm³/mol.